The van der Waals surface area contributed by atoms with E-state index in [2.05, 4.69) is 22.1 Å². The first kappa shape index (κ1) is 11.6. The van der Waals surface area contributed by atoms with Crippen molar-refractivity contribution < 1.29 is 9.90 Å². The number of rotatable bonds is 2. The van der Waals surface area contributed by atoms with Crippen LogP contribution in [-0.2, 0) is 0 Å². The molecule has 0 amide bonds. The number of hydrogen-bond donors (Lipinski definition) is 1. The average molecular weight is 252 g/mol. The number of benzene rings is 1. The summed E-state index contributed by atoms with van der Waals surface area (Å²) in [6, 6.07) is 4.81. The van der Waals surface area contributed by atoms with Gasteiger partial charge in [0.2, 0.25) is 0 Å². The fraction of sp³-hybridized carbons (Fsp3) is 0.133. The van der Waals surface area contributed by atoms with Gasteiger partial charge in [-0.2, -0.15) is 0 Å². The number of carboxylic acids is 1. The van der Waals surface area contributed by atoms with Crippen molar-refractivity contribution >= 4 is 17.0 Å². The van der Waals surface area contributed by atoms with Crippen molar-refractivity contribution in [1.29, 1.82) is 0 Å². The molecule has 19 heavy (non-hydrogen) atoms. The van der Waals surface area contributed by atoms with Crippen LogP contribution in [0.2, 0.25) is 0 Å². The van der Waals surface area contributed by atoms with Gasteiger partial charge in [-0.1, -0.05) is 24.3 Å². The van der Waals surface area contributed by atoms with E-state index in [9.17, 15) is 4.79 Å². The number of fused-ring (bicyclic) bond motifs is 1. The molecule has 94 valence electrons. The Morgan fingerprint density at radius 3 is 2.89 bits per heavy atom. The Hall–Kier alpha value is -2.49. The van der Waals surface area contributed by atoms with E-state index < -0.39 is 5.97 Å². The molecule has 1 aliphatic carbocycles. The van der Waals surface area contributed by atoms with Crippen molar-refractivity contribution in [2.24, 2.45) is 0 Å². The van der Waals surface area contributed by atoms with Gasteiger partial charge in [0.1, 0.15) is 0 Å². The molecule has 2 aromatic rings. The number of aromatic nitrogens is 2. The molecule has 1 aromatic carbocycles. The predicted octanol–water partition coefficient (Wildman–Crippen LogP) is 2.93. The van der Waals surface area contributed by atoms with Crippen LogP contribution in [0.1, 0.15) is 28.4 Å². The smallest absolute Gasteiger partial charge is 0.335 e. The highest BCUT2D eigenvalue weighted by atomic mass is 16.4. The summed E-state index contributed by atoms with van der Waals surface area (Å²) in [5.41, 5.74) is 2.48. The summed E-state index contributed by atoms with van der Waals surface area (Å²) in [6.45, 7) is 0. The maximum absolute atomic E-state index is 10.9. The molecular weight excluding hydrogens is 240 g/mol. The first-order valence-electron chi connectivity index (χ1n) is 6.07. The lowest BCUT2D eigenvalue weighted by Crippen LogP contribution is -2.02. The fourth-order valence-electron chi connectivity index (χ4n) is 2.14. The van der Waals surface area contributed by atoms with Crippen LogP contribution in [0.5, 0.6) is 0 Å². The highest BCUT2D eigenvalue weighted by molar-refractivity contribution is 5.92. The second-order valence-corrected chi connectivity index (χ2v) is 4.46. The van der Waals surface area contributed by atoms with Crippen molar-refractivity contribution in [3.8, 4) is 0 Å². The Morgan fingerprint density at radius 2 is 2.16 bits per heavy atom. The third kappa shape index (κ3) is 2.25. The van der Waals surface area contributed by atoms with E-state index >= 15 is 0 Å². The van der Waals surface area contributed by atoms with E-state index in [1.807, 2.05) is 12.2 Å². The van der Waals surface area contributed by atoms with E-state index in [1.165, 1.54) is 0 Å². The third-order valence-electron chi connectivity index (χ3n) is 3.17. The number of carbonyl (C=O) groups is 1. The van der Waals surface area contributed by atoms with Gasteiger partial charge >= 0.3 is 5.97 Å². The molecule has 1 aromatic heterocycles. The van der Waals surface area contributed by atoms with Crippen molar-refractivity contribution in [3.63, 3.8) is 0 Å². The Morgan fingerprint density at radius 1 is 1.26 bits per heavy atom. The maximum Gasteiger partial charge on any atom is 0.335 e. The summed E-state index contributed by atoms with van der Waals surface area (Å²) in [4.78, 5) is 19.8. The standard InChI is InChI=1S/C15H12N2O2/c18-15(19)11-6-7-12-13(8-11)16-9-14(17-12)10-4-2-1-3-5-10/h1-4,6-10H,5H2,(H,18,19). The van der Waals surface area contributed by atoms with Gasteiger partial charge in [0, 0.05) is 12.1 Å². The van der Waals surface area contributed by atoms with Crippen molar-refractivity contribution in [3.05, 3.63) is 60.0 Å². The molecule has 0 fully saturated rings. The van der Waals surface area contributed by atoms with Crippen LogP contribution < -0.4 is 0 Å². The molecule has 0 spiro atoms. The lowest BCUT2D eigenvalue weighted by molar-refractivity contribution is 0.0697. The normalized spacial score (nSPS) is 17.8. The van der Waals surface area contributed by atoms with E-state index in [0.29, 0.717) is 5.52 Å². The van der Waals surface area contributed by atoms with Crippen molar-refractivity contribution in [2.45, 2.75) is 12.3 Å². The van der Waals surface area contributed by atoms with Gasteiger partial charge in [0.05, 0.1) is 22.3 Å². The molecule has 1 unspecified atom stereocenters. The summed E-state index contributed by atoms with van der Waals surface area (Å²) in [5.74, 6) is -0.700. The lowest BCUT2D eigenvalue weighted by atomic mass is 9.97. The number of aromatic carboxylic acids is 1. The largest absolute Gasteiger partial charge is 0.478 e. The second-order valence-electron chi connectivity index (χ2n) is 4.46. The number of nitrogens with zero attached hydrogens (tertiary/aromatic N) is 2. The van der Waals surface area contributed by atoms with Crippen LogP contribution in [0.15, 0.2) is 48.7 Å². The lowest BCUT2D eigenvalue weighted by Gasteiger charge is -2.12. The van der Waals surface area contributed by atoms with E-state index in [0.717, 1.165) is 17.6 Å². The Balaban J connectivity index is 2.02. The minimum atomic E-state index is -0.951. The van der Waals surface area contributed by atoms with E-state index in [-0.39, 0.29) is 11.5 Å². The molecule has 4 heteroatoms. The van der Waals surface area contributed by atoms with Gasteiger partial charge in [0.15, 0.2) is 0 Å². The van der Waals surface area contributed by atoms with Crippen LogP contribution in [0.3, 0.4) is 0 Å². The van der Waals surface area contributed by atoms with Gasteiger partial charge < -0.3 is 5.11 Å². The molecular formula is C15H12N2O2. The molecule has 0 aliphatic heterocycles. The van der Waals surface area contributed by atoms with Gasteiger partial charge in [-0.15, -0.1) is 0 Å². The molecule has 0 radical (unpaired) electrons. The Kier molecular flexibility index (Phi) is 2.83. The zero-order valence-corrected chi connectivity index (χ0v) is 10.2. The van der Waals surface area contributed by atoms with E-state index in [4.69, 9.17) is 5.11 Å². The minimum Gasteiger partial charge on any atom is -0.478 e. The highest BCUT2D eigenvalue weighted by Gasteiger charge is 2.12. The predicted molar refractivity (Wildman–Crippen MR) is 72.1 cm³/mol. The van der Waals surface area contributed by atoms with Crippen LogP contribution in [0.25, 0.3) is 11.0 Å². The summed E-state index contributed by atoms with van der Waals surface area (Å²) in [7, 11) is 0. The van der Waals surface area contributed by atoms with Crippen LogP contribution in [0, 0.1) is 0 Å². The zero-order chi connectivity index (χ0) is 13.2. The first-order valence-corrected chi connectivity index (χ1v) is 6.07. The van der Waals surface area contributed by atoms with Crippen molar-refractivity contribution in [2.75, 3.05) is 0 Å². The summed E-state index contributed by atoms with van der Waals surface area (Å²) >= 11 is 0. The molecule has 1 aliphatic rings. The first-order chi connectivity index (χ1) is 9.24. The van der Waals surface area contributed by atoms with Gasteiger partial charge in [-0.3, -0.25) is 4.98 Å². The summed E-state index contributed by atoms with van der Waals surface area (Å²) < 4.78 is 0. The van der Waals surface area contributed by atoms with Crippen LogP contribution in [0.4, 0.5) is 0 Å². The van der Waals surface area contributed by atoms with Gasteiger partial charge in [-0.25, -0.2) is 9.78 Å². The summed E-state index contributed by atoms with van der Waals surface area (Å²) in [6.07, 6.45) is 10.9. The Bertz CT molecular complexity index is 704. The zero-order valence-electron chi connectivity index (χ0n) is 10.2. The van der Waals surface area contributed by atoms with Crippen LogP contribution >= 0.6 is 0 Å². The molecule has 1 heterocycles. The number of carboxylic acid groups (broad SMARTS) is 1. The number of hydrogen-bond acceptors (Lipinski definition) is 3. The molecule has 3 rings (SSSR count). The molecule has 0 bridgehead atoms. The third-order valence-corrected chi connectivity index (χ3v) is 3.17. The summed E-state index contributed by atoms with van der Waals surface area (Å²) in [5, 5.41) is 8.94. The monoisotopic (exact) mass is 252 g/mol. The maximum atomic E-state index is 10.9. The Labute approximate surface area is 110 Å². The SMILES string of the molecule is O=C(O)c1ccc2nc(C3C=CC=CC3)cnc2c1. The quantitative estimate of drug-likeness (QED) is 0.892. The second kappa shape index (κ2) is 4.65. The molecule has 1 N–H and O–H groups in total. The van der Waals surface area contributed by atoms with Crippen LogP contribution in [-0.4, -0.2) is 21.0 Å². The molecule has 0 saturated carbocycles. The highest BCUT2D eigenvalue weighted by Crippen LogP contribution is 2.24. The molecule has 0 saturated heterocycles. The molecule has 4 nitrogen and oxygen atoms in total. The number of allylic oxidation sites excluding steroid dienone is 4. The van der Waals surface area contributed by atoms with E-state index in [1.54, 1.807) is 24.4 Å². The minimum absolute atomic E-state index is 0.232. The van der Waals surface area contributed by atoms with Crippen molar-refractivity contribution in [1.82, 2.24) is 9.97 Å². The topological polar surface area (TPSA) is 63.1 Å². The van der Waals surface area contributed by atoms with Gasteiger partial charge in [0.25, 0.3) is 0 Å². The van der Waals surface area contributed by atoms with Gasteiger partial charge in [-0.05, 0) is 24.6 Å². The molecule has 1 atom stereocenters. The average Bonchev–Trinajstić information content (AvgIpc) is 2.47. The fourth-order valence-corrected chi connectivity index (χ4v) is 2.14.